The predicted molar refractivity (Wildman–Crippen MR) is 102 cm³/mol. The van der Waals surface area contributed by atoms with Gasteiger partial charge in [0.05, 0.1) is 11.9 Å². The van der Waals surface area contributed by atoms with Crippen LogP contribution >= 0.6 is 23.8 Å². The van der Waals surface area contributed by atoms with Crippen molar-refractivity contribution in [2.24, 2.45) is 10.8 Å². The highest BCUT2D eigenvalue weighted by atomic mass is 35.5. The fraction of sp³-hybridized carbons (Fsp3) is 0. The van der Waals surface area contributed by atoms with E-state index in [1.165, 1.54) is 0 Å². The van der Waals surface area contributed by atoms with Crippen LogP contribution in [-0.2, 0) is 0 Å². The van der Waals surface area contributed by atoms with Gasteiger partial charge in [0.15, 0.2) is 5.11 Å². The van der Waals surface area contributed by atoms with E-state index in [0.717, 1.165) is 22.5 Å². The van der Waals surface area contributed by atoms with Gasteiger partial charge in [-0.1, -0.05) is 41.9 Å². The molecule has 0 saturated carbocycles. The first-order chi connectivity index (χ1) is 11.6. The molecule has 7 heteroatoms. The van der Waals surface area contributed by atoms with Crippen molar-refractivity contribution in [3.8, 4) is 16.9 Å². The maximum absolute atomic E-state index is 5.97. The number of hydrogen-bond donors (Lipinski definition) is 2. The molecule has 3 aromatic rings. The third-order valence-corrected chi connectivity index (χ3v) is 3.60. The summed E-state index contributed by atoms with van der Waals surface area (Å²) in [4.78, 5) is 0. The maximum Gasteiger partial charge on any atom is 0.184 e. The minimum Gasteiger partial charge on any atom is -0.375 e. The lowest BCUT2D eigenvalue weighted by Gasteiger charge is -2.00. The second-order valence-electron chi connectivity index (χ2n) is 4.95. The molecular formula is C17H14ClN5S. The SMILES string of the molecule is NC(=S)N/N=C\c1cn(-c2ccccc2)nc1-c1ccc(Cl)cc1. The van der Waals surface area contributed by atoms with E-state index in [-0.39, 0.29) is 5.11 Å². The standard InChI is InChI=1S/C17H14ClN5S/c18-14-8-6-12(7-9-14)16-13(10-20-21-17(19)24)11-23(22-16)15-4-2-1-3-5-15/h1-11H,(H3,19,21,24)/b20-10-. The Hall–Kier alpha value is -2.70. The number of rotatable bonds is 4. The van der Waals surface area contributed by atoms with Crippen molar-refractivity contribution >= 4 is 35.1 Å². The van der Waals surface area contributed by atoms with Crippen molar-refractivity contribution in [1.29, 1.82) is 0 Å². The summed E-state index contributed by atoms with van der Waals surface area (Å²) in [5.41, 5.74) is 11.4. The van der Waals surface area contributed by atoms with Crippen LogP contribution in [0, 0.1) is 0 Å². The van der Waals surface area contributed by atoms with Crippen molar-refractivity contribution in [2.75, 3.05) is 0 Å². The summed E-state index contributed by atoms with van der Waals surface area (Å²) in [6, 6.07) is 17.3. The molecule has 0 saturated heterocycles. The molecule has 0 aliphatic heterocycles. The Balaban J connectivity index is 2.04. The van der Waals surface area contributed by atoms with Gasteiger partial charge in [-0.15, -0.1) is 0 Å². The molecule has 0 amide bonds. The number of nitrogens with two attached hydrogens (primary N) is 1. The van der Waals surface area contributed by atoms with Gasteiger partial charge in [0.25, 0.3) is 0 Å². The number of hydrogen-bond acceptors (Lipinski definition) is 3. The zero-order valence-corrected chi connectivity index (χ0v) is 14.1. The molecule has 0 unspecified atom stereocenters. The first-order valence-corrected chi connectivity index (χ1v) is 7.91. The van der Waals surface area contributed by atoms with Crippen LogP contribution in [0.2, 0.25) is 5.02 Å². The molecule has 1 heterocycles. The predicted octanol–water partition coefficient (Wildman–Crippen LogP) is 3.36. The monoisotopic (exact) mass is 355 g/mol. The lowest BCUT2D eigenvalue weighted by atomic mass is 10.1. The van der Waals surface area contributed by atoms with Crippen LogP contribution in [-0.4, -0.2) is 21.1 Å². The minimum atomic E-state index is 0.106. The number of benzene rings is 2. The summed E-state index contributed by atoms with van der Waals surface area (Å²) >= 11 is 10.7. The van der Waals surface area contributed by atoms with Crippen molar-refractivity contribution in [3.05, 3.63) is 71.4 Å². The Morgan fingerprint density at radius 3 is 2.54 bits per heavy atom. The van der Waals surface area contributed by atoms with Crippen LogP contribution in [0.5, 0.6) is 0 Å². The number of aromatic nitrogens is 2. The summed E-state index contributed by atoms with van der Waals surface area (Å²) in [5, 5.41) is 9.48. The molecule has 24 heavy (non-hydrogen) atoms. The van der Waals surface area contributed by atoms with Crippen molar-refractivity contribution in [2.45, 2.75) is 0 Å². The molecule has 120 valence electrons. The summed E-state index contributed by atoms with van der Waals surface area (Å²) in [7, 11) is 0. The maximum atomic E-state index is 5.97. The average molecular weight is 356 g/mol. The second kappa shape index (κ2) is 7.25. The molecule has 0 bridgehead atoms. The van der Waals surface area contributed by atoms with E-state index in [9.17, 15) is 0 Å². The third kappa shape index (κ3) is 3.79. The van der Waals surface area contributed by atoms with Gasteiger partial charge in [-0.2, -0.15) is 10.2 Å². The first kappa shape index (κ1) is 16.2. The topological polar surface area (TPSA) is 68.2 Å². The van der Waals surface area contributed by atoms with E-state index in [1.54, 1.807) is 10.9 Å². The van der Waals surface area contributed by atoms with Gasteiger partial charge in [-0.25, -0.2) is 4.68 Å². The van der Waals surface area contributed by atoms with Crippen molar-refractivity contribution in [1.82, 2.24) is 15.2 Å². The molecule has 3 rings (SSSR count). The zero-order valence-electron chi connectivity index (χ0n) is 12.6. The number of thiocarbonyl (C=S) groups is 1. The molecule has 0 radical (unpaired) electrons. The largest absolute Gasteiger partial charge is 0.375 e. The molecule has 2 aromatic carbocycles. The van der Waals surface area contributed by atoms with Crippen molar-refractivity contribution < 1.29 is 0 Å². The fourth-order valence-electron chi connectivity index (χ4n) is 2.19. The van der Waals surface area contributed by atoms with Crippen LogP contribution < -0.4 is 11.2 Å². The van der Waals surface area contributed by atoms with E-state index in [0.29, 0.717) is 5.02 Å². The Kier molecular flexibility index (Phi) is 4.88. The molecular weight excluding hydrogens is 342 g/mol. The molecule has 0 atom stereocenters. The number of nitrogens with zero attached hydrogens (tertiary/aromatic N) is 3. The quantitative estimate of drug-likeness (QED) is 0.428. The number of nitrogens with one attached hydrogen (secondary N) is 1. The van der Waals surface area contributed by atoms with Gasteiger partial charge in [-0.05, 0) is 36.5 Å². The smallest absolute Gasteiger partial charge is 0.184 e. The van der Waals surface area contributed by atoms with E-state index < -0.39 is 0 Å². The van der Waals surface area contributed by atoms with Gasteiger partial charge >= 0.3 is 0 Å². The zero-order chi connectivity index (χ0) is 16.9. The normalized spacial score (nSPS) is 10.9. The summed E-state index contributed by atoms with van der Waals surface area (Å²) in [6.07, 6.45) is 3.53. The number of halogens is 1. The first-order valence-electron chi connectivity index (χ1n) is 7.13. The minimum absolute atomic E-state index is 0.106. The molecule has 0 fully saturated rings. The Morgan fingerprint density at radius 2 is 1.88 bits per heavy atom. The fourth-order valence-corrected chi connectivity index (χ4v) is 2.37. The van der Waals surface area contributed by atoms with Crippen molar-refractivity contribution in [3.63, 3.8) is 0 Å². The summed E-state index contributed by atoms with van der Waals surface area (Å²) in [5.74, 6) is 0. The Bertz CT molecular complexity index is 872. The van der Waals surface area contributed by atoms with E-state index >= 15 is 0 Å². The highest BCUT2D eigenvalue weighted by Gasteiger charge is 2.11. The summed E-state index contributed by atoms with van der Waals surface area (Å²) < 4.78 is 1.80. The average Bonchev–Trinajstić information content (AvgIpc) is 3.00. The van der Waals surface area contributed by atoms with E-state index in [1.807, 2.05) is 60.8 Å². The van der Waals surface area contributed by atoms with Crippen LogP contribution in [0.15, 0.2) is 65.9 Å². The summed E-state index contributed by atoms with van der Waals surface area (Å²) in [6.45, 7) is 0. The van der Waals surface area contributed by atoms with Crippen LogP contribution in [0.4, 0.5) is 0 Å². The van der Waals surface area contributed by atoms with Gasteiger partial charge < -0.3 is 5.73 Å². The third-order valence-electron chi connectivity index (χ3n) is 3.26. The van der Waals surface area contributed by atoms with Crippen LogP contribution in [0.1, 0.15) is 5.56 Å². The van der Waals surface area contributed by atoms with Gasteiger partial charge in [0.2, 0.25) is 0 Å². The second-order valence-corrected chi connectivity index (χ2v) is 5.83. The van der Waals surface area contributed by atoms with Gasteiger partial charge in [0, 0.05) is 22.3 Å². The number of para-hydroxylation sites is 1. The van der Waals surface area contributed by atoms with Crippen LogP contribution in [0.3, 0.4) is 0 Å². The van der Waals surface area contributed by atoms with Gasteiger partial charge in [-0.3, -0.25) is 5.43 Å². The molecule has 0 aliphatic carbocycles. The van der Waals surface area contributed by atoms with E-state index in [2.05, 4.69) is 15.6 Å². The molecule has 5 nitrogen and oxygen atoms in total. The molecule has 0 aliphatic rings. The van der Waals surface area contributed by atoms with Crippen LogP contribution in [0.25, 0.3) is 16.9 Å². The van der Waals surface area contributed by atoms with Gasteiger partial charge in [0.1, 0.15) is 5.69 Å². The Morgan fingerprint density at radius 1 is 1.17 bits per heavy atom. The lowest BCUT2D eigenvalue weighted by molar-refractivity contribution is 0.884. The highest BCUT2D eigenvalue weighted by molar-refractivity contribution is 7.80. The lowest BCUT2D eigenvalue weighted by Crippen LogP contribution is -2.24. The highest BCUT2D eigenvalue weighted by Crippen LogP contribution is 2.24. The Labute approximate surface area is 149 Å². The molecule has 3 N–H and O–H groups in total. The van der Waals surface area contributed by atoms with E-state index in [4.69, 9.17) is 29.6 Å². The molecule has 0 spiro atoms. The number of hydrazone groups is 1. The molecule has 1 aromatic heterocycles.